The van der Waals surface area contributed by atoms with Gasteiger partial charge in [-0.05, 0) is 57.3 Å². The van der Waals surface area contributed by atoms with E-state index in [1.165, 1.54) is 18.7 Å². The van der Waals surface area contributed by atoms with Crippen LogP contribution < -0.4 is 5.32 Å². The predicted octanol–water partition coefficient (Wildman–Crippen LogP) is 4.27. The molecule has 0 unspecified atom stereocenters. The SMILES string of the molecule is CC(=O)O[C@@H](C)C(=O)NCc1cccc(-c2cccc([C@@H]3O[C@H](CSc4nnnn4C)C[C@H](c4ccc(CO)cc4)O3)c2)c1. The first kappa shape index (κ1) is 31.3. The molecule has 230 valence electrons. The van der Waals surface area contributed by atoms with Crippen LogP contribution in [0.15, 0.2) is 78.0 Å². The number of carbonyl (C=O) groups is 2. The molecule has 1 amide bonds. The Kier molecular flexibility index (Phi) is 10.4. The van der Waals surface area contributed by atoms with Crippen molar-refractivity contribution in [2.24, 2.45) is 7.05 Å². The Morgan fingerprint density at radius 1 is 1.05 bits per heavy atom. The van der Waals surface area contributed by atoms with Crippen molar-refractivity contribution >= 4 is 23.6 Å². The van der Waals surface area contributed by atoms with E-state index in [9.17, 15) is 14.7 Å². The standard InChI is InChI=1S/C32H35N5O6S/c1-20(41-21(2)39)30(40)33-17-23-6-4-7-25(14-23)26-8-5-9-27(15-26)31-42-28(19-44-32-34-35-36-37(32)3)16-29(43-31)24-12-10-22(18-38)11-13-24/h4-15,20,28-29,31,38H,16-19H2,1-3H3,(H,33,40)/t20-,28-,29+,31+/m0/s1. The maximum Gasteiger partial charge on any atom is 0.303 e. The van der Waals surface area contributed by atoms with E-state index < -0.39 is 18.4 Å². The Balaban J connectivity index is 1.33. The number of aromatic nitrogens is 4. The minimum absolute atomic E-state index is 0.0176. The Bertz CT molecular complexity index is 1580. The lowest BCUT2D eigenvalue weighted by Gasteiger charge is -2.36. The minimum atomic E-state index is -0.862. The Labute approximate surface area is 259 Å². The molecule has 0 radical (unpaired) electrons. The summed E-state index contributed by atoms with van der Waals surface area (Å²) in [6.45, 7) is 3.09. The molecule has 0 aliphatic carbocycles. The lowest BCUT2D eigenvalue weighted by atomic mass is 9.99. The van der Waals surface area contributed by atoms with Gasteiger partial charge >= 0.3 is 5.97 Å². The number of hydrogen-bond donors (Lipinski definition) is 2. The molecular formula is C32H35N5O6S. The fraction of sp³-hybridized carbons (Fsp3) is 0.344. The second-order valence-corrected chi connectivity index (χ2v) is 11.5. The summed E-state index contributed by atoms with van der Waals surface area (Å²) in [4.78, 5) is 23.5. The van der Waals surface area contributed by atoms with Gasteiger partial charge in [0, 0.05) is 38.3 Å². The monoisotopic (exact) mass is 617 g/mol. The third-order valence-electron chi connectivity index (χ3n) is 7.19. The Morgan fingerprint density at radius 2 is 1.80 bits per heavy atom. The van der Waals surface area contributed by atoms with E-state index in [4.69, 9.17) is 14.2 Å². The number of aryl methyl sites for hydroxylation is 1. The van der Waals surface area contributed by atoms with Gasteiger partial charge in [-0.15, -0.1) is 5.10 Å². The molecule has 0 spiro atoms. The molecule has 4 atom stereocenters. The number of tetrazole rings is 1. The molecule has 11 nitrogen and oxygen atoms in total. The highest BCUT2D eigenvalue weighted by atomic mass is 32.2. The van der Waals surface area contributed by atoms with Gasteiger partial charge in [-0.2, -0.15) is 0 Å². The molecule has 0 saturated carbocycles. The number of ether oxygens (including phenoxy) is 3. The first-order chi connectivity index (χ1) is 21.3. The zero-order valence-electron chi connectivity index (χ0n) is 24.8. The van der Waals surface area contributed by atoms with Gasteiger partial charge in [-0.25, -0.2) is 4.68 Å². The van der Waals surface area contributed by atoms with E-state index in [-0.39, 0.29) is 24.7 Å². The minimum Gasteiger partial charge on any atom is -0.453 e. The summed E-state index contributed by atoms with van der Waals surface area (Å²) in [7, 11) is 1.81. The number of amides is 1. The van der Waals surface area contributed by atoms with Crippen LogP contribution in [0, 0.1) is 0 Å². The number of thioether (sulfide) groups is 1. The molecule has 1 saturated heterocycles. The number of aliphatic hydroxyl groups is 1. The van der Waals surface area contributed by atoms with Crippen molar-refractivity contribution in [3.05, 3.63) is 95.1 Å². The summed E-state index contributed by atoms with van der Waals surface area (Å²) in [6, 6.07) is 23.7. The summed E-state index contributed by atoms with van der Waals surface area (Å²) in [5.74, 6) is -0.217. The number of benzene rings is 3. The lowest BCUT2D eigenvalue weighted by molar-refractivity contribution is -0.245. The summed E-state index contributed by atoms with van der Waals surface area (Å²) >= 11 is 1.53. The summed E-state index contributed by atoms with van der Waals surface area (Å²) in [5, 5.41) is 24.7. The molecule has 12 heteroatoms. The van der Waals surface area contributed by atoms with Crippen LogP contribution in [-0.4, -0.2) is 55.2 Å². The van der Waals surface area contributed by atoms with Gasteiger partial charge in [0.15, 0.2) is 12.4 Å². The predicted molar refractivity (Wildman–Crippen MR) is 163 cm³/mol. The van der Waals surface area contributed by atoms with Gasteiger partial charge in [-0.3, -0.25) is 9.59 Å². The first-order valence-corrected chi connectivity index (χ1v) is 15.3. The van der Waals surface area contributed by atoms with E-state index in [1.54, 1.807) is 18.7 Å². The van der Waals surface area contributed by atoms with Crippen LogP contribution in [0.1, 0.15) is 54.9 Å². The van der Waals surface area contributed by atoms with Crippen LogP contribution in [0.3, 0.4) is 0 Å². The fourth-order valence-electron chi connectivity index (χ4n) is 4.89. The van der Waals surface area contributed by atoms with Crippen LogP contribution in [0.5, 0.6) is 0 Å². The number of rotatable bonds is 11. The maximum atomic E-state index is 12.3. The normalized spacial score (nSPS) is 18.9. The maximum absolute atomic E-state index is 12.3. The van der Waals surface area contributed by atoms with Gasteiger partial charge in [-0.1, -0.05) is 72.4 Å². The van der Waals surface area contributed by atoms with Crippen LogP contribution in [0.4, 0.5) is 0 Å². The van der Waals surface area contributed by atoms with Gasteiger partial charge in [0.1, 0.15) is 0 Å². The number of nitrogens with zero attached hydrogens (tertiary/aromatic N) is 4. The Hall–Kier alpha value is -4.10. The fourth-order valence-corrected chi connectivity index (χ4v) is 5.76. The first-order valence-electron chi connectivity index (χ1n) is 14.3. The van der Waals surface area contributed by atoms with Crippen LogP contribution >= 0.6 is 11.8 Å². The Morgan fingerprint density at radius 3 is 2.50 bits per heavy atom. The quantitative estimate of drug-likeness (QED) is 0.185. The third kappa shape index (κ3) is 8.08. The van der Waals surface area contributed by atoms with Gasteiger partial charge in [0.2, 0.25) is 5.16 Å². The average molecular weight is 618 g/mol. The zero-order valence-corrected chi connectivity index (χ0v) is 25.6. The van der Waals surface area contributed by atoms with Crippen molar-refractivity contribution < 1.29 is 28.9 Å². The summed E-state index contributed by atoms with van der Waals surface area (Å²) in [6.07, 6.45) is -1.17. The number of carbonyl (C=O) groups excluding carboxylic acids is 2. The number of esters is 1. The van der Waals surface area contributed by atoms with E-state index >= 15 is 0 Å². The lowest BCUT2D eigenvalue weighted by Crippen LogP contribution is -2.35. The molecule has 2 heterocycles. The molecule has 4 aromatic rings. The van der Waals surface area contributed by atoms with E-state index in [1.807, 2.05) is 66.7 Å². The highest BCUT2D eigenvalue weighted by Gasteiger charge is 2.32. The van der Waals surface area contributed by atoms with Crippen molar-refractivity contribution in [2.45, 2.75) is 63.2 Å². The molecular weight excluding hydrogens is 582 g/mol. The van der Waals surface area contributed by atoms with Gasteiger partial charge < -0.3 is 24.6 Å². The van der Waals surface area contributed by atoms with Crippen molar-refractivity contribution in [3.63, 3.8) is 0 Å². The molecule has 3 aromatic carbocycles. The molecule has 5 rings (SSSR count). The van der Waals surface area contributed by atoms with E-state index in [0.717, 1.165) is 33.4 Å². The molecule has 0 bridgehead atoms. The van der Waals surface area contributed by atoms with Crippen molar-refractivity contribution in [1.29, 1.82) is 0 Å². The van der Waals surface area contributed by atoms with E-state index in [0.29, 0.717) is 23.9 Å². The molecule has 1 aliphatic rings. The van der Waals surface area contributed by atoms with E-state index in [2.05, 4.69) is 26.9 Å². The number of hydrogen-bond acceptors (Lipinski definition) is 10. The summed E-state index contributed by atoms with van der Waals surface area (Å²) in [5.41, 5.74) is 5.58. The highest BCUT2D eigenvalue weighted by Crippen LogP contribution is 2.40. The van der Waals surface area contributed by atoms with Crippen molar-refractivity contribution in [1.82, 2.24) is 25.5 Å². The molecule has 2 N–H and O–H groups in total. The van der Waals surface area contributed by atoms with Gasteiger partial charge in [0.05, 0.1) is 18.8 Å². The summed E-state index contributed by atoms with van der Waals surface area (Å²) < 4.78 is 19.6. The largest absolute Gasteiger partial charge is 0.453 e. The zero-order chi connectivity index (χ0) is 31.1. The smallest absolute Gasteiger partial charge is 0.303 e. The van der Waals surface area contributed by atoms with Crippen molar-refractivity contribution in [3.8, 4) is 11.1 Å². The average Bonchev–Trinajstić information content (AvgIpc) is 3.46. The van der Waals surface area contributed by atoms with Crippen molar-refractivity contribution in [2.75, 3.05) is 5.75 Å². The highest BCUT2D eigenvalue weighted by molar-refractivity contribution is 7.99. The van der Waals surface area contributed by atoms with Crippen LogP contribution in [0.2, 0.25) is 0 Å². The second-order valence-electron chi connectivity index (χ2n) is 10.5. The van der Waals surface area contributed by atoms with Crippen LogP contribution in [-0.2, 0) is 44.0 Å². The second kappa shape index (κ2) is 14.6. The molecule has 1 fully saturated rings. The molecule has 44 heavy (non-hydrogen) atoms. The topological polar surface area (TPSA) is 138 Å². The molecule has 1 aromatic heterocycles. The number of nitrogens with one attached hydrogen (secondary N) is 1. The number of aliphatic hydroxyl groups excluding tert-OH is 1. The third-order valence-corrected chi connectivity index (χ3v) is 8.33. The van der Waals surface area contributed by atoms with Gasteiger partial charge in [0.25, 0.3) is 5.91 Å². The molecule has 1 aliphatic heterocycles. The van der Waals surface area contributed by atoms with Crippen LogP contribution in [0.25, 0.3) is 11.1 Å².